The van der Waals surface area contributed by atoms with Crippen molar-refractivity contribution in [1.29, 1.82) is 0 Å². The molecular weight excluding hydrogens is 196 g/mol. The van der Waals surface area contributed by atoms with Crippen LogP contribution >= 0.6 is 0 Å². The Balaban J connectivity index is 1.59. The van der Waals surface area contributed by atoms with Crippen molar-refractivity contribution in [2.45, 2.75) is 51.0 Å². The quantitative estimate of drug-likeness (QED) is 0.788. The van der Waals surface area contributed by atoms with Crippen LogP contribution in [-0.2, 0) is 0 Å². The zero-order chi connectivity index (χ0) is 11.0. The number of hydrogen-bond donors (Lipinski definition) is 1. The van der Waals surface area contributed by atoms with E-state index in [0.29, 0.717) is 5.54 Å². The number of rotatable bonds is 3. The van der Waals surface area contributed by atoms with E-state index in [9.17, 15) is 0 Å². The molecule has 16 heavy (non-hydrogen) atoms. The minimum absolute atomic E-state index is 0.431. The lowest BCUT2D eigenvalue weighted by atomic mass is 9.84. The number of hydrogen-bond acceptors (Lipinski definition) is 2. The first-order chi connectivity index (χ1) is 7.76. The van der Waals surface area contributed by atoms with Crippen molar-refractivity contribution in [1.82, 2.24) is 10.2 Å². The maximum absolute atomic E-state index is 3.82. The van der Waals surface area contributed by atoms with Gasteiger partial charge in [0.05, 0.1) is 0 Å². The Labute approximate surface area is 99.8 Å². The van der Waals surface area contributed by atoms with Crippen molar-refractivity contribution >= 4 is 0 Å². The van der Waals surface area contributed by atoms with Gasteiger partial charge in [0.2, 0.25) is 0 Å². The second-order valence-electron chi connectivity index (χ2n) is 6.50. The second kappa shape index (κ2) is 4.30. The lowest BCUT2D eigenvalue weighted by molar-refractivity contribution is 0.146. The highest BCUT2D eigenvalue weighted by Crippen LogP contribution is 2.41. The molecule has 2 saturated carbocycles. The Hall–Kier alpha value is -0.0800. The van der Waals surface area contributed by atoms with Gasteiger partial charge in [0.15, 0.2) is 0 Å². The monoisotopic (exact) mass is 222 g/mol. The molecule has 3 aliphatic rings. The van der Waals surface area contributed by atoms with Gasteiger partial charge >= 0.3 is 0 Å². The SMILES string of the molecule is CC1(C2CC2)CN(CC2CCC2)CCCN1. The van der Waals surface area contributed by atoms with Crippen molar-refractivity contribution in [3.8, 4) is 0 Å². The molecule has 2 aliphatic carbocycles. The minimum atomic E-state index is 0.431. The predicted molar refractivity (Wildman–Crippen MR) is 67.5 cm³/mol. The summed E-state index contributed by atoms with van der Waals surface area (Å²) in [4.78, 5) is 2.75. The molecule has 0 aromatic heterocycles. The van der Waals surface area contributed by atoms with Gasteiger partial charge in [-0.05, 0) is 64.0 Å². The van der Waals surface area contributed by atoms with Crippen LogP contribution in [-0.4, -0.2) is 36.6 Å². The first-order valence-corrected chi connectivity index (χ1v) is 7.24. The zero-order valence-corrected chi connectivity index (χ0v) is 10.7. The van der Waals surface area contributed by atoms with Crippen LogP contribution in [0, 0.1) is 11.8 Å². The molecule has 92 valence electrons. The Morgan fingerprint density at radius 3 is 2.62 bits per heavy atom. The Bertz CT molecular complexity index is 245. The van der Waals surface area contributed by atoms with E-state index in [1.165, 1.54) is 64.7 Å². The van der Waals surface area contributed by atoms with E-state index in [2.05, 4.69) is 17.1 Å². The maximum Gasteiger partial charge on any atom is 0.0308 e. The highest BCUT2D eigenvalue weighted by Gasteiger charge is 2.43. The van der Waals surface area contributed by atoms with Gasteiger partial charge in [-0.15, -0.1) is 0 Å². The lowest BCUT2D eigenvalue weighted by Gasteiger charge is -2.37. The van der Waals surface area contributed by atoms with Crippen molar-refractivity contribution in [3.63, 3.8) is 0 Å². The summed E-state index contributed by atoms with van der Waals surface area (Å²) in [6, 6.07) is 0. The number of nitrogens with zero attached hydrogens (tertiary/aromatic N) is 1. The molecule has 1 aliphatic heterocycles. The predicted octanol–water partition coefficient (Wildman–Crippen LogP) is 2.25. The van der Waals surface area contributed by atoms with Gasteiger partial charge in [-0.3, -0.25) is 0 Å². The first kappa shape index (κ1) is 11.0. The molecule has 0 spiro atoms. The van der Waals surface area contributed by atoms with E-state index in [1.54, 1.807) is 0 Å². The first-order valence-electron chi connectivity index (χ1n) is 7.24. The summed E-state index contributed by atoms with van der Waals surface area (Å²) in [5.74, 6) is 2.00. The third-order valence-corrected chi connectivity index (χ3v) is 4.95. The summed E-state index contributed by atoms with van der Waals surface area (Å²) >= 11 is 0. The van der Waals surface area contributed by atoms with Gasteiger partial charge in [-0.2, -0.15) is 0 Å². The third kappa shape index (κ3) is 2.28. The Kier molecular flexibility index (Phi) is 2.97. The molecule has 0 aromatic rings. The van der Waals surface area contributed by atoms with Crippen LogP contribution in [0.15, 0.2) is 0 Å². The molecular formula is C14H26N2. The molecule has 1 saturated heterocycles. The molecule has 2 nitrogen and oxygen atoms in total. The van der Waals surface area contributed by atoms with Crippen molar-refractivity contribution in [2.75, 3.05) is 26.2 Å². The van der Waals surface area contributed by atoms with Crippen molar-refractivity contribution < 1.29 is 0 Å². The van der Waals surface area contributed by atoms with Crippen LogP contribution in [0.4, 0.5) is 0 Å². The van der Waals surface area contributed by atoms with Crippen LogP contribution in [0.5, 0.6) is 0 Å². The van der Waals surface area contributed by atoms with Crippen molar-refractivity contribution in [3.05, 3.63) is 0 Å². The molecule has 1 unspecified atom stereocenters. The van der Waals surface area contributed by atoms with Crippen molar-refractivity contribution in [2.24, 2.45) is 11.8 Å². The van der Waals surface area contributed by atoms with E-state index >= 15 is 0 Å². The zero-order valence-electron chi connectivity index (χ0n) is 10.7. The molecule has 0 radical (unpaired) electrons. The van der Waals surface area contributed by atoms with Gasteiger partial charge in [-0.1, -0.05) is 6.42 Å². The fourth-order valence-electron chi connectivity index (χ4n) is 3.47. The summed E-state index contributed by atoms with van der Waals surface area (Å²) in [7, 11) is 0. The van der Waals surface area contributed by atoms with Gasteiger partial charge < -0.3 is 10.2 Å². The average Bonchev–Trinajstić information content (AvgIpc) is 2.98. The van der Waals surface area contributed by atoms with E-state index in [4.69, 9.17) is 0 Å². The highest BCUT2D eigenvalue weighted by molar-refractivity contribution is 5.01. The van der Waals surface area contributed by atoms with E-state index in [-0.39, 0.29) is 0 Å². The maximum atomic E-state index is 3.82. The molecule has 3 fully saturated rings. The summed E-state index contributed by atoms with van der Waals surface area (Å²) in [6.07, 6.45) is 8.72. The van der Waals surface area contributed by atoms with E-state index in [0.717, 1.165) is 11.8 Å². The fraction of sp³-hybridized carbons (Fsp3) is 1.00. The van der Waals surface area contributed by atoms with Crippen LogP contribution < -0.4 is 5.32 Å². The second-order valence-corrected chi connectivity index (χ2v) is 6.50. The number of nitrogens with one attached hydrogen (secondary N) is 1. The van der Waals surface area contributed by atoms with E-state index < -0.39 is 0 Å². The van der Waals surface area contributed by atoms with Gasteiger partial charge in [0, 0.05) is 18.6 Å². The van der Waals surface area contributed by atoms with E-state index in [1.807, 2.05) is 0 Å². The molecule has 0 bridgehead atoms. The highest BCUT2D eigenvalue weighted by atomic mass is 15.2. The average molecular weight is 222 g/mol. The molecule has 2 heteroatoms. The minimum Gasteiger partial charge on any atom is -0.310 e. The molecule has 3 rings (SSSR count). The summed E-state index contributed by atoms with van der Waals surface area (Å²) < 4.78 is 0. The summed E-state index contributed by atoms with van der Waals surface area (Å²) in [6.45, 7) is 7.70. The Morgan fingerprint density at radius 2 is 2.00 bits per heavy atom. The van der Waals surface area contributed by atoms with Crippen LogP contribution in [0.3, 0.4) is 0 Å². The van der Waals surface area contributed by atoms with Gasteiger partial charge in [-0.25, -0.2) is 0 Å². The smallest absolute Gasteiger partial charge is 0.0308 e. The summed E-state index contributed by atoms with van der Waals surface area (Å²) in [5.41, 5.74) is 0.431. The molecule has 0 amide bonds. The van der Waals surface area contributed by atoms with Gasteiger partial charge in [0.1, 0.15) is 0 Å². The molecule has 1 heterocycles. The lowest BCUT2D eigenvalue weighted by Crippen LogP contribution is -2.51. The standard InChI is InChI=1S/C14H26N2/c1-14(13-6-7-13)11-16(9-3-8-15-14)10-12-4-2-5-12/h12-13,15H,2-11H2,1H3. The van der Waals surface area contributed by atoms with Crippen LogP contribution in [0.25, 0.3) is 0 Å². The molecule has 1 N–H and O–H groups in total. The third-order valence-electron chi connectivity index (χ3n) is 4.95. The summed E-state index contributed by atoms with van der Waals surface area (Å²) in [5, 5.41) is 3.82. The largest absolute Gasteiger partial charge is 0.310 e. The Morgan fingerprint density at radius 1 is 1.19 bits per heavy atom. The van der Waals surface area contributed by atoms with Crippen LogP contribution in [0.2, 0.25) is 0 Å². The topological polar surface area (TPSA) is 15.3 Å². The molecule has 1 atom stereocenters. The molecule has 0 aromatic carbocycles. The fourth-order valence-corrected chi connectivity index (χ4v) is 3.47. The normalized spacial score (nSPS) is 38.1. The van der Waals surface area contributed by atoms with Crippen LogP contribution in [0.1, 0.15) is 45.4 Å². The van der Waals surface area contributed by atoms with Gasteiger partial charge in [0.25, 0.3) is 0 Å².